The van der Waals surface area contributed by atoms with Gasteiger partial charge in [0.2, 0.25) is 5.88 Å². The molecule has 2 heterocycles. The number of nitriles is 1. The second kappa shape index (κ2) is 3.78. The van der Waals surface area contributed by atoms with Gasteiger partial charge in [0, 0.05) is 17.5 Å². The Balaban J connectivity index is 2.21. The van der Waals surface area contributed by atoms with Crippen molar-refractivity contribution in [3.8, 4) is 17.7 Å². The third-order valence-electron chi connectivity index (χ3n) is 3.14. The quantitative estimate of drug-likeness (QED) is 0.520. The van der Waals surface area contributed by atoms with Crippen molar-refractivity contribution < 1.29 is 4.74 Å². The summed E-state index contributed by atoms with van der Waals surface area (Å²) in [7, 11) is 0. The molecule has 94 valence electrons. The van der Waals surface area contributed by atoms with E-state index < -0.39 is 0 Å². The van der Waals surface area contributed by atoms with Gasteiger partial charge >= 0.3 is 0 Å². The topological polar surface area (TPSA) is 124 Å². The highest BCUT2D eigenvalue weighted by atomic mass is 16.5. The first-order valence-corrected chi connectivity index (χ1v) is 5.65. The number of para-hydroxylation sites is 1. The first kappa shape index (κ1) is 11.2. The standard InChI is InChI=1S/C13H11N5O/c14-5-8-10(16)7-4-6-2-1-3-9(15)11(6)19-13(7)18-12(8)17/h1-3H,4,15H2,(H4,16,17,18). The molecule has 0 saturated heterocycles. The Morgan fingerprint density at radius 2 is 2.05 bits per heavy atom. The van der Waals surface area contributed by atoms with Crippen molar-refractivity contribution in [3.63, 3.8) is 0 Å². The van der Waals surface area contributed by atoms with Gasteiger partial charge in [-0.1, -0.05) is 12.1 Å². The zero-order valence-corrected chi connectivity index (χ0v) is 9.97. The highest BCUT2D eigenvalue weighted by molar-refractivity contribution is 5.73. The van der Waals surface area contributed by atoms with Gasteiger partial charge in [0.25, 0.3) is 0 Å². The first-order chi connectivity index (χ1) is 9.11. The van der Waals surface area contributed by atoms with Crippen LogP contribution in [0.25, 0.3) is 0 Å². The van der Waals surface area contributed by atoms with Crippen molar-refractivity contribution >= 4 is 17.2 Å². The summed E-state index contributed by atoms with van der Waals surface area (Å²) in [5.74, 6) is 0.960. The maximum absolute atomic E-state index is 9.03. The lowest BCUT2D eigenvalue weighted by Crippen LogP contribution is -2.12. The zero-order chi connectivity index (χ0) is 13.6. The van der Waals surface area contributed by atoms with Crippen LogP contribution in [-0.2, 0) is 6.42 Å². The molecule has 6 N–H and O–H groups in total. The first-order valence-electron chi connectivity index (χ1n) is 5.65. The average molecular weight is 253 g/mol. The minimum Gasteiger partial charge on any atom is -0.436 e. The summed E-state index contributed by atoms with van der Waals surface area (Å²) in [6, 6.07) is 7.45. The van der Waals surface area contributed by atoms with E-state index in [9.17, 15) is 0 Å². The van der Waals surface area contributed by atoms with Crippen LogP contribution < -0.4 is 21.9 Å². The lowest BCUT2D eigenvalue weighted by Gasteiger charge is -2.22. The van der Waals surface area contributed by atoms with Crippen molar-refractivity contribution in [1.82, 2.24) is 4.98 Å². The Kier molecular flexibility index (Phi) is 2.22. The van der Waals surface area contributed by atoms with Crippen LogP contribution in [0.5, 0.6) is 11.6 Å². The van der Waals surface area contributed by atoms with Crippen molar-refractivity contribution in [2.75, 3.05) is 17.2 Å². The highest BCUT2D eigenvalue weighted by Crippen LogP contribution is 2.42. The second-order valence-electron chi connectivity index (χ2n) is 4.30. The molecule has 1 aromatic carbocycles. The number of pyridine rings is 1. The molecule has 6 nitrogen and oxygen atoms in total. The van der Waals surface area contributed by atoms with Gasteiger partial charge in [-0.05, 0) is 6.07 Å². The van der Waals surface area contributed by atoms with Gasteiger partial charge in [0.1, 0.15) is 17.5 Å². The molecule has 1 aromatic heterocycles. The molecular formula is C13H11N5O. The molecule has 0 atom stereocenters. The minimum absolute atomic E-state index is 0.0664. The Morgan fingerprint density at radius 3 is 2.79 bits per heavy atom. The van der Waals surface area contributed by atoms with E-state index in [1.807, 2.05) is 18.2 Å². The van der Waals surface area contributed by atoms with E-state index in [1.165, 1.54) is 0 Å². The van der Waals surface area contributed by atoms with Gasteiger partial charge in [-0.25, -0.2) is 0 Å². The predicted molar refractivity (Wildman–Crippen MR) is 71.5 cm³/mol. The summed E-state index contributed by atoms with van der Waals surface area (Å²) < 4.78 is 5.66. The fourth-order valence-corrected chi connectivity index (χ4v) is 2.17. The van der Waals surface area contributed by atoms with Gasteiger partial charge in [0.15, 0.2) is 5.75 Å². The lowest BCUT2D eigenvalue weighted by atomic mass is 9.98. The molecule has 3 rings (SSSR count). The van der Waals surface area contributed by atoms with Crippen LogP contribution in [0, 0.1) is 11.3 Å². The fraction of sp³-hybridized carbons (Fsp3) is 0.0769. The molecule has 0 spiro atoms. The summed E-state index contributed by atoms with van der Waals surface area (Å²) in [4.78, 5) is 4.08. The minimum atomic E-state index is 0.0664. The number of hydrogen-bond donors (Lipinski definition) is 3. The average Bonchev–Trinajstić information content (AvgIpc) is 2.39. The molecule has 6 heteroatoms. The number of nitrogens with two attached hydrogens (primary N) is 3. The Morgan fingerprint density at radius 1 is 1.26 bits per heavy atom. The second-order valence-corrected chi connectivity index (χ2v) is 4.30. The molecule has 0 amide bonds. The lowest BCUT2D eigenvalue weighted by molar-refractivity contribution is 0.444. The van der Waals surface area contributed by atoms with E-state index in [0.717, 1.165) is 5.56 Å². The Labute approximate surface area is 109 Å². The van der Waals surface area contributed by atoms with Gasteiger partial charge < -0.3 is 21.9 Å². The van der Waals surface area contributed by atoms with Crippen molar-refractivity contribution in [2.24, 2.45) is 0 Å². The fourth-order valence-electron chi connectivity index (χ4n) is 2.17. The summed E-state index contributed by atoms with van der Waals surface area (Å²) in [5, 5.41) is 9.03. The smallest absolute Gasteiger partial charge is 0.227 e. The number of rotatable bonds is 0. The number of nitrogens with zero attached hydrogens (tertiary/aromatic N) is 2. The van der Waals surface area contributed by atoms with Crippen LogP contribution in [0.15, 0.2) is 18.2 Å². The van der Waals surface area contributed by atoms with Crippen LogP contribution in [0.3, 0.4) is 0 Å². The van der Waals surface area contributed by atoms with Crippen molar-refractivity contribution in [1.29, 1.82) is 5.26 Å². The predicted octanol–water partition coefficient (Wildman–Crippen LogP) is 1.40. The summed E-state index contributed by atoms with van der Waals surface area (Å²) >= 11 is 0. The number of benzene rings is 1. The van der Waals surface area contributed by atoms with Gasteiger partial charge in [-0.2, -0.15) is 10.2 Å². The summed E-state index contributed by atoms with van der Waals surface area (Å²) in [6.45, 7) is 0. The Bertz CT molecular complexity index is 733. The molecule has 0 bridgehead atoms. The van der Waals surface area contributed by atoms with Gasteiger partial charge in [0.05, 0.1) is 11.4 Å². The van der Waals surface area contributed by atoms with E-state index in [-0.39, 0.29) is 11.4 Å². The molecule has 0 aliphatic carbocycles. The van der Waals surface area contributed by atoms with E-state index in [1.54, 1.807) is 6.07 Å². The van der Waals surface area contributed by atoms with Crippen LogP contribution in [0.4, 0.5) is 17.2 Å². The number of hydrogen-bond acceptors (Lipinski definition) is 6. The van der Waals surface area contributed by atoms with E-state index in [0.29, 0.717) is 35.0 Å². The van der Waals surface area contributed by atoms with E-state index in [2.05, 4.69) is 4.98 Å². The van der Waals surface area contributed by atoms with Crippen LogP contribution in [0.2, 0.25) is 0 Å². The molecule has 1 aliphatic heterocycles. The Hall–Kier alpha value is -2.94. The van der Waals surface area contributed by atoms with E-state index >= 15 is 0 Å². The number of aromatic nitrogens is 1. The van der Waals surface area contributed by atoms with Crippen molar-refractivity contribution in [2.45, 2.75) is 6.42 Å². The third kappa shape index (κ3) is 1.52. The highest BCUT2D eigenvalue weighted by Gasteiger charge is 2.25. The zero-order valence-electron chi connectivity index (χ0n) is 9.97. The maximum Gasteiger partial charge on any atom is 0.227 e. The van der Waals surface area contributed by atoms with Gasteiger partial charge in [-0.15, -0.1) is 0 Å². The number of ether oxygens (including phenoxy) is 1. The molecule has 0 radical (unpaired) electrons. The van der Waals surface area contributed by atoms with Gasteiger partial charge in [-0.3, -0.25) is 0 Å². The number of fused-ring (bicyclic) bond motifs is 2. The molecule has 2 aromatic rings. The maximum atomic E-state index is 9.03. The number of nitrogen functional groups attached to an aromatic ring is 3. The molecule has 19 heavy (non-hydrogen) atoms. The normalized spacial score (nSPS) is 11.9. The van der Waals surface area contributed by atoms with Crippen LogP contribution in [0.1, 0.15) is 16.7 Å². The molecule has 1 aliphatic rings. The largest absolute Gasteiger partial charge is 0.436 e. The van der Waals surface area contributed by atoms with Crippen LogP contribution >= 0.6 is 0 Å². The summed E-state index contributed by atoms with van der Waals surface area (Å²) in [6.07, 6.45) is 0.517. The molecule has 0 unspecified atom stereocenters. The van der Waals surface area contributed by atoms with E-state index in [4.69, 9.17) is 27.2 Å². The third-order valence-corrected chi connectivity index (χ3v) is 3.14. The molecular weight excluding hydrogens is 242 g/mol. The molecule has 0 saturated carbocycles. The number of anilines is 3. The summed E-state index contributed by atoms with van der Waals surface area (Å²) in [5.41, 5.74) is 20.1. The van der Waals surface area contributed by atoms with Crippen LogP contribution in [-0.4, -0.2) is 4.98 Å². The SMILES string of the molecule is N#Cc1c(N)nc2c(c1N)Cc1cccc(N)c1O2. The molecule has 0 fully saturated rings. The monoisotopic (exact) mass is 253 g/mol. The van der Waals surface area contributed by atoms with Crippen molar-refractivity contribution in [3.05, 3.63) is 34.9 Å².